The average molecular weight is 336 g/mol. The molecule has 1 unspecified atom stereocenters. The Hall–Kier alpha value is -1.22. The van der Waals surface area contributed by atoms with E-state index in [1.165, 1.54) is 6.07 Å². The Morgan fingerprint density at radius 2 is 2.00 bits per heavy atom. The fraction of sp³-hybridized carbons (Fsp3) is 0.500. The molecule has 9 heteroatoms. The first-order valence-corrected chi connectivity index (χ1v) is 8.01. The van der Waals surface area contributed by atoms with Crippen LogP contribution in [0.4, 0.5) is 5.69 Å². The predicted molar refractivity (Wildman–Crippen MR) is 80.7 cm³/mol. The number of nitrogens with zero attached hydrogens (tertiary/aromatic N) is 1. The van der Waals surface area contributed by atoms with Crippen molar-refractivity contribution in [3.05, 3.63) is 33.3 Å². The molecule has 0 radical (unpaired) electrons. The SMILES string of the molecule is CC(C)(C)C(CN)NS(=O)(=O)c1ccc(Cl)cc1[N+](=O)[O-]. The van der Waals surface area contributed by atoms with Gasteiger partial charge in [-0.25, -0.2) is 13.1 Å². The highest BCUT2D eigenvalue weighted by Crippen LogP contribution is 2.28. The van der Waals surface area contributed by atoms with Crippen LogP contribution < -0.4 is 10.5 Å². The standard InChI is InChI=1S/C12H18ClN3O4S/c1-12(2,3)11(7-14)15-21(19,20)10-5-4-8(13)6-9(10)16(17)18/h4-6,11,15H,7,14H2,1-3H3. The van der Waals surface area contributed by atoms with Gasteiger partial charge in [0.25, 0.3) is 5.69 Å². The van der Waals surface area contributed by atoms with E-state index in [1.54, 1.807) is 0 Å². The van der Waals surface area contributed by atoms with Gasteiger partial charge in [0.2, 0.25) is 10.0 Å². The van der Waals surface area contributed by atoms with Crippen LogP contribution in [-0.4, -0.2) is 25.9 Å². The monoisotopic (exact) mass is 335 g/mol. The molecule has 1 aromatic rings. The minimum Gasteiger partial charge on any atom is -0.329 e. The smallest absolute Gasteiger partial charge is 0.290 e. The van der Waals surface area contributed by atoms with Crippen molar-refractivity contribution in [3.8, 4) is 0 Å². The molecule has 0 aliphatic heterocycles. The summed E-state index contributed by atoms with van der Waals surface area (Å²) >= 11 is 5.68. The molecule has 1 atom stereocenters. The summed E-state index contributed by atoms with van der Waals surface area (Å²) in [6.07, 6.45) is 0. The maximum absolute atomic E-state index is 12.4. The summed E-state index contributed by atoms with van der Waals surface area (Å²) in [5, 5.41) is 11.1. The summed E-state index contributed by atoms with van der Waals surface area (Å²) in [5.74, 6) is 0. The molecule has 0 fully saturated rings. The Morgan fingerprint density at radius 1 is 1.43 bits per heavy atom. The Labute approximate surface area is 128 Å². The highest BCUT2D eigenvalue weighted by Gasteiger charge is 2.32. The molecule has 0 bridgehead atoms. The first-order valence-electron chi connectivity index (χ1n) is 6.15. The summed E-state index contributed by atoms with van der Waals surface area (Å²) in [6, 6.07) is 2.85. The zero-order valence-electron chi connectivity index (χ0n) is 12.0. The van der Waals surface area contributed by atoms with Gasteiger partial charge in [-0.05, 0) is 17.5 Å². The molecule has 0 saturated heterocycles. The minimum atomic E-state index is -4.08. The number of nitro benzene ring substituents is 1. The lowest BCUT2D eigenvalue weighted by Gasteiger charge is -2.30. The highest BCUT2D eigenvalue weighted by molar-refractivity contribution is 7.89. The third-order valence-electron chi connectivity index (χ3n) is 2.99. The molecule has 3 N–H and O–H groups in total. The van der Waals surface area contributed by atoms with E-state index in [0.717, 1.165) is 12.1 Å². The van der Waals surface area contributed by atoms with Crippen LogP contribution in [0, 0.1) is 15.5 Å². The molecule has 0 amide bonds. The molecule has 7 nitrogen and oxygen atoms in total. The molecule has 0 aliphatic carbocycles. The third-order valence-corrected chi connectivity index (χ3v) is 4.74. The van der Waals surface area contributed by atoms with E-state index >= 15 is 0 Å². The van der Waals surface area contributed by atoms with Crippen molar-refractivity contribution in [3.63, 3.8) is 0 Å². The molecule has 1 rings (SSSR count). The Balaban J connectivity index is 3.29. The third kappa shape index (κ3) is 4.37. The van der Waals surface area contributed by atoms with Gasteiger partial charge in [-0.1, -0.05) is 32.4 Å². The first kappa shape index (κ1) is 17.8. The van der Waals surface area contributed by atoms with Crippen LogP contribution >= 0.6 is 11.6 Å². The fourth-order valence-corrected chi connectivity index (χ4v) is 3.46. The summed E-state index contributed by atoms with van der Waals surface area (Å²) in [6.45, 7) is 5.54. The first-order chi connectivity index (χ1) is 9.49. The van der Waals surface area contributed by atoms with E-state index in [9.17, 15) is 18.5 Å². The zero-order chi connectivity index (χ0) is 16.4. The van der Waals surface area contributed by atoms with Gasteiger partial charge in [-0.2, -0.15) is 0 Å². The summed E-state index contributed by atoms with van der Waals surface area (Å²) in [4.78, 5) is 9.79. The number of hydrogen-bond acceptors (Lipinski definition) is 5. The number of hydrogen-bond donors (Lipinski definition) is 2. The molecule has 118 valence electrons. The number of rotatable bonds is 5. The lowest BCUT2D eigenvalue weighted by atomic mass is 9.88. The Morgan fingerprint density at radius 3 is 2.43 bits per heavy atom. The van der Waals surface area contributed by atoms with Gasteiger partial charge in [-0.3, -0.25) is 10.1 Å². The molecule has 1 aromatic carbocycles. The second kappa shape index (κ2) is 6.27. The van der Waals surface area contributed by atoms with Crippen molar-refractivity contribution in [1.29, 1.82) is 0 Å². The van der Waals surface area contributed by atoms with Crippen LogP contribution in [0.25, 0.3) is 0 Å². The summed E-state index contributed by atoms with van der Waals surface area (Å²) in [7, 11) is -4.08. The molecular weight excluding hydrogens is 318 g/mol. The zero-order valence-corrected chi connectivity index (χ0v) is 13.5. The van der Waals surface area contributed by atoms with Crippen LogP contribution in [0.1, 0.15) is 20.8 Å². The normalized spacial score (nSPS) is 14.0. The number of nitrogens with two attached hydrogens (primary N) is 1. The van der Waals surface area contributed by atoms with E-state index in [-0.39, 0.29) is 11.6 Å². The quantitative estimate of drug-likeness (QED) is 0.629. The van der Waals surface area contributed by atoms with Crippen molar-refractivity contribution < 1.29 is 13.3 Å². The lowest BCUT2D eigenvalue weighted by molar-refractivity contribution is -0.387. The van der Waals surface area contributed by atoms with E-state index < -0.39 is 37.0 Å². The summed E-state index contributed by atoms with van der Waals surface area (Å²) in [5.41, 5.74) is 4.59. The van der Waals surface area contributed by atoms with Gasteiger partial charge in [-0.15, -0.1) is 0 Å². The minimum absolute atomic E-state index is 0.0735. The lowest BCUT2D eigenvalue weighted by Crippen LogP contribution is -2.48. The molecule has 21 heavy (non-hydrogen) atoms. The van der Waals surface area contributed by atoms with Crippen LogP contribution in [0.5, 0.6) is 0 Å². The highest BCUT2D eigenvalue weighted by atomic mass is 35.5. The number of sulfonamides is 1. The predicted octanol–water partition coefficient (Wildman–Crippen LogP) is 1.90. The van der Waals surface area contributed by atoms with Crippen LogP contribution in [0.2, 0.25) is 5.02 Å². The van der Waals surface area contributed by atoms with Gasteiger partial charge in [0, 0.05) is 23.7 Å². The van der Waals surface area contributed by atoms with Crippen molar-refractivity contribution in [1.82, 2.24) is 4.72 Å². The van der Waals surface area contributed by atoms with E-state index in [4.69, 9.17) is 17.3 Å². The molecular formula is C12H18ClN3O4S. The number of nitro groups is 1. The second-order valence-corrected chi connectivity index (χ2v) is 7.76. The van der Waals surface area contributed by atoms with Gasteiger partial charge in [0.05, 0.1) is 4.92 Å². The average Bonchev–Trinajstić information content (AvgIpc) is 2.34. The molecule has 0 aliphatic rings. The van der Waals surface area contributed by atoms with Crippen molar-refractivity contribution in [2.24, 2.45) is 11.1 Å². The maximum atomic E-state index is 12.4. The van der Waals surface area contributed by atoms with E-state index in [2.05, 4.69) is 4.72 Å². The van der Waals surface area contributed by atoms with Crippen molar-refractivity contribution >= 4 is 27.3 Å². The topological polar surface area (TPSA) is 115 Å². The number of halogens is 1. The van der Waals surface area contributed by atoms with Gasteiger partial charge in [0.15, 0.2) is 4.90 Å². The molecule has 0 heterocycles. The maximum Gasteiger partial charge on any atom is 0.290 e. The molecule has 0 saturated carbocycles. The van der Waals surface area contributed by atoms with Crippen molar-refractivity contribution in [2.75, 3.05) is 6.54 Å². The molecule has 0 aromatic heterocycles. The van der Waals surface area contributed by atoms with Crippen molar-refractivity contribution in [2.45, 2.75) is 31.7 Å². The van der Waals surface area contributed by atoms with Crippen LogP contribution in [0.3, 0.4) is 0 Å². The Bertz CT molecular complexity index is 640. The van der Waals surface area contributed by atoms with E-state index in [0.29, 0.717) is 0 Å². The second-order valence-electron chi connectivity index (χ2n) is 5.64. The van der Waals surface area contributed by atoms with E-state index in [1.807, 2.05) is 20.8 Å². The Kier molecular flexibility index (Phi) is 5.32. The fourth-order valence-electron chi connectivity index (χ4n) is 1.69. The van der Waals surface area contributed by atoms with Crippen LogP contribution in [-0.2, 0) is 10.0 Å². The summed E-state index contributed by atoms with van der Waals surface area (Å²) < 4.78 is 27.2. The van der Waals surface area contributed by atoms with Gasteiger partial charge < -0.3 is 5.73 Å². The van der Waals surface area contributed by atoms with Gasteiger partial charge in [0.1, 0.15) is 0 Å². The largest absolute Gasteiger partial charge is 0.329 e. The number of benzene rings is 1. The van der Waals surface area contributed by atoms with Crippen LogP contribution in [0.15, 0.2) is 23.1 Å². The molecule has 0 spiro atoms. The van der Waals surface area contributed by atoms with Gasteiger partial charge >= 0.3 is 0 Å². The number of nitrogens with one attached hydrogen (secondary N) is 1.